The van der Waals surface area contributed by atoms with E-state index in [1.54, 1.807) is 4.68 Å². The molecule has 1 amide bonds. The highest BCUT2D eigenvalue weighted by Crippen LogP contribution is 2.23. The van der Waals surface area contributed by atoms with Crippen LogP contribution < -0.4 is 0 Å². The van der Waals surface area contributed by atoms with Crippen molar-refractivity contribution in [3.63, 3.8) is 0 Å². The minimum absolute atomic E-state index is 0.133. The number of aryl methyl sites for hydroxylation is 2. The number of rotatable bonds is 7. The molecule has 0 N–H and O–H groups in total. The zero-order valence-corrected chi connectivity index (χ0v) is 16.2. The monoisotopic (exact) mass is 342 g/mol. The molecule has 1 aromatic heterocycles. The molecule has 25 heavy (non-hydrogen) atoms. The van der Waals surface area contributed by atoms with Gasteiger partial charge in [-0.1, -0.05) is 43.7 Å². The normalized spacial score (nSPS) is 12.6. The topological polar surface area (TPSA) is 41.4 Å². The first-order chi connectivity index (χ1) is 11.8. The molecule has 1 aromatic carbocycles. The van der Waals surface area contributed by atoms with Crippen LogP contribution in [0.5, 0.6) is 0 Å². The van der Waals surface area contributed by atoms with Gasteiger partial charge in [0.05, 0.1) is 6.20 Å². The van der Waals surface area contributed by atoms with Gasteiger partial charge in [-0.2, -0.15) is 5.10 Å². The summed E-state index contributed by atoms with van der Waals surface area (Å²) in [5.74, 6) is 0.536. The molecule has 0 aliphatic heterocycles. The van der Waals surface area contributed by atoms with Gasteiger partial charge < -0.3 is 4.90 Å². The van der Waals surface area contributed by atoms with Crippen molar-refractivity contribution in [3.8, 4) is 0 Å². The van der Waals surface area contributed by atoms with Gasteiger partial charge in [-0.15, -0.1) is 0 Å². The minimum Gasteiger partial charge on any atom is -0.336 e. The van der Waals surface area contributed by atoms with Gasteiger partial charge in [0, 0.05) is 31.9 Å². The van der Waals surface area contributed by atoms with Crippen molar-refractivity contribution in [2.75, 3.05) is 20.6 Å². The summed E-state index contributed by atoms with van der Waals surface area (Å²) in [5, 5.41) is 4.23. The predicted molar refractivity (Wildman–Crippen MR) is 101 cm³/mol. The Bertz CT molecular complexity index is 705. The molecule has 1 heterocycles. The van der Waals surface area contributed by atoms with Gasteiger partial charge in [-0.05, 0) is 32.5 Å². The van der Waals surface area contributed by atoms with E-state index in [9.17, 15) is 4.79 Å². The van der Waals surface area contributed by atoms with Crippen molar-refractivity contribution in [2.24, 2.45) is 13.0 Å². The van der Waals surface area contributed by atoms with Crippen molar-refractivity contribution >= 4 is 5.91 Å². The molecule has 0 spiro atoms. The van der Waals surface area contributed by atoms with E-state index in [2.05, 4.69) is 38.0 Å². The third-order valence-electron chi connectivity index (χ3n) is 4.14. The second-order valence-corrected chi connectivity index (χ2v) is 7.42. The summed E-state index contributed by atoms with van der Waals surface area (Å²) >= 11 is 0. The Morgan fingerprint density at radius 3 is 2.52 bits per heavy atom. The number of hydrogen-bond donors (Lipinski definition) is 0. The van der Waals surface area contributed by atoms with Gasteiger partial charge in [0.1, 0.15) is 6.04 Å². The number of benzene rings is 1. The maximum absolute atomic E-state index is 13.4. The maximum atomic E-state index is 13.4. The van der Waals surface area contributed by atoms with Crippen LogP contribution in [0.25, 0.3) is 0 Å². The van der Waals surface area contributed by atoms with Crippen LogP contribution in [0.3, 0.4) is 0 Å². The van der Waals surface area contributed by atoms with E-state index >= 15 is 0 Å². The number of amides is 1. The first kappa shape index (κ1) is 19.2. The Balaban J connectivity index is 2.30. The summed E-state index contributed by atoms with van der Waals surface area (Å²) in [7, 11) is 5.82. The van der Waals surface area contributed by atoms with Crippen LogP contribution in [-0.2, 0) is 18.4 Å². The first-order valence-electron chi connectivity index (χ1n) is 8.77. The summed E-state index contributed by atoms with van der Waals surface area (Å²) in [6, 6.07) is 7.92. The van der Waals surface area contributed by atoms with Crippen LogP contribution in [0.15, 0.2) is 36.7 Å². The Morgan fingerprint density at radius 2 is 2.00 bits per heavy atom. The Hall–Kier alpha value is -2.14. The highest BCUT2D eigenvalue weighted by molar-refractivity contribution is 5.83. The molecule has 1 atom stereocenters. The van der Waals surface area contributed by atoms with Crippen LogP contribution in [0, 0.1) is 12.8 Å². The van der Waals surface area contributed by atoms with Gasteiger partial charge in [-0.3, -0.25) is 14.4 Å². The smallest absolute Gasteiger partial charge is 0.244 e. The lowest BCUT2D eigenvalue weighted by atomic mass is 10.0. The van der Waals surface area contributed by atoms with E-state index in [0.29, 0.717) is 12.5 Å². The van der Waals surface area contributed by atoms with Crippen LogP contribution >= 0.6 is 0 Å². The van der Waals surface area contributed by atoms with Gasteiger partial charge >= 0.3 is 0 Å². The molecular weight excluding hydrogens is 312 g/mol. The highest BCUT2D eigenvalue weighted by Gasteiger charge is 2.28. The molecule has 5 heteroatoms. The third-order valence-corrected chi connectivity index (χ3v) is 4.14. The van der Waals surface area contributed by atoms with Crippen LogP contribution in [0.1, 0.15) is 36.6 Å². The molecule has 0 saturated heterocycles. The fourth-order valence-corrected chi connectivity index (χ4v) is 3.12. The zero-order valence-electron chi connectivity index (χ0n) is 16.2. The molecule has 5 nitrogen and oxygen atoms in total. The summed E-state index contributed by atoms with van der Waals surface area (Å²) in [6.45, 7) is 7.65. The molecule has 0 radical (unpaired) electrons. The second kappa shape index (κ2) is 8.30. The molecule has 0 unspecified atom stereocenters. The molecule has 2 aromatic rings. The van der Waals surface area contributed by atoms with Crippen molar-refractivity contribution < 1.29 is 4.79 Å². The van der Waals surface area contributed by atoms with Crippen molar-refractivity contribution in [1.82, 2.24) is 19.6 Å². The number of carbonyl (C=O) groups excluding carboxylic acids is 1. The standard InChI is InChI=1S/C20H30N4O/c1-15(2)12-24(14-17-11-21-23(6)13-17)20(25)19(22(4)5)18-9-7-8-16(3)10-18/h7-11,13,15,19H,12,14H2,1-6H3/t19-/m0/s1. The Kier molecular flexibility index (Phi) is 6.37. The lowest BCUT2D eigenvalue weighted by Gasteiger charge is -2.32. The Labute approximate surface area is 151 Å². The zero-order chi connectivity index (χ0) is 18.6. The van der Waals surface area contributed by atoms with E-state index in [0.717, 1.165) is 17.7 Å². The molecule has 0 fully saturated rings. The molecule has 0 bridgehead atoms. The average Bonchev–Trinajstić information content (AvgIpc) is 2.91. The van der Waals surface area contributed by atoms with E-state index in [-0.39, 0.29) is 11.9 Å². The van der Waals surface area contributed by atoms with Crippen LogP contribution in [-0.4, -0.2) is 46.1 Å². The third kappa shape index (κ3) is 5.16. The molecule has 2 rings (SSSR count). The van der Waals surface area contributed by atoms with Gasteiger partial charge in [-0.25, -0.2) is 0 Å². The first-order valence-corrected chi connectivity index (χ1v) is 8.77. The van der Waals surface area contributed by atoms with Gasteiger partial charge in [0.25, 0.3) is 0 Å². The summed E-state index contributed by atoms with van der Waals surface area (Å²) in [4.78, 5) is 17.3. The molecule has 136 valence electrons. The fraction of sp³-hybridized carbons (Fsp3) is 0.500. The molecule has 0 aliphatic rings. The fourth-order valence-electron chi connectivity index (χ4n) is 3.12. The van der Waals surface area contributed by atoms with Crippen molar-refractivity contribution in [3.05, 3.63) is 53.3 Å². The number of likely N-dealkylation sites (N-methyl/N-ethyl adjacent to an activating group) is 1. The molecule has 0 aliphatic carbocycles. The largest absolute Gasteiger partial charge is 0.336 e. The SMILES string of the molecule is Cc1cccc([C@@H](C(=O)N(Cc2cnn(C)c2)CC(C)C)N(C)C)c1. The quantitative estimate of drug-likeness (QED) is 0.777. The number of hydrogen-bond acceptors (Lipinski definition) is 3. The van der Waals surface area contributed by atoms with Crippen molar-refractivity contribution in [1.29, 1.82) is 0 Å². The van der Waals surface area contributed by atoms with Gasteiger partial charge in [0.15, 0.2) is 0 Å². The minimum atomic E-state index is -0.282. The predicted octanol–water partition coefficient (Wildman–Crippen LogP) is 3.02. The van der Waals surface area contributed by atoms with E-state index in [1.165, 1.54) is 5.56 Å². The van der Waals surface area contributed by atoms with Gasteiger partial charge in [0.2, 0.25) is 5.91 Å². The number of nitrogens with zero attached hydrogens (tertiary/aromatic N) is 4. The lowest BCUT2D eigenvalue weighted by Crippen LogP contribution is -2.41. The summed E-state index contributed by atoms with van der Waals surface area (Å²) < 4.78 is 1.78. The highest BCUT2D eigenvalue weighted by atomic mass is 16.2. The summed E-state index contributed by atoms with van der Waals surface area (Å²) in [5.41, 5.74) is 3.26. The average molecular weight is 342 g/mol. The van der Waals surface area contributed by atoms with Crippen molar-refractivity contribution in [2.45, 2.75) is 33.4 Å². The van der Waals surface area contributed by atoms with Crippen LogP contribution in [0.2, 0.25) is 0 Å². The second-order valence-electron chi connectivity index (χ2n) is 7.42. The Morgan fingerprint density at radius 1 is 1.28 bits per heavy atom. The van der Waals surface area contributed by atoms with E-state index in [4.69, 9.17) is 0 Å². The van der Waals surface area contributed by atoms with Crippen LogP contribution in [0.4, 0.5) is 0 Å². The number of aromatic nitrogens is 2. The van der Waals surface area contributed by atoms with E-state index in [1.807, 2.05) is 55.5 Å². The summed E-state index contributed by atoms with van der Waals surface area (Å²) in [6.07, 6.45) is 3.80. The molecular formula is C20H30N4O. The maximum Gasteiger partial charge on any atom is 0.244 e. The molecule has 0 saturated carbocycles. The number of carbonyl (C=O) groups is 1. The lowest BCUT2D eigenvalue weighted by molar-refractivity contribution is -0.137. The van der Waals surface area contributed by atoms with E-state index < -0.39 is 0 Å².